The van der Waals surface area contributed by atoms with Crippen LogP contribution in [0.4, 0.5) is 5.69 Å². The number of thioether (sulfide) groups is 1. The SMILES string of the molecule is N#Cc1cccc(NC(=O)CSc2ccccc2C(=O)OCc2ccc(C(=O)N3CCCC3)cc2)c1. The number of nitriles is 1. The van der Waals surface area contributed by atoms with E-state index < -0.39 is 5.97 Å². The number of nitrogens with one attached hydrogen (secondary N) is 1. The summed E-state index contributed by atoms with van der Waals surface area (Å²) in [7, 11) is 0. The molecule has 0 aromatic heterocycles. The average molecular weight is 500 g/mol. The lowest BCUT2D eigenvalue weighted by Gasteiger charge is -2.15. The van der Waals surface area contributed by atoms with Crippen molar-refractivity contribution in [3.8, 4) is 6.07 Å². The number of likely N-dealkylation sites (tertiary alicyclic amines) is 1. The van der Waals surface area contributed by atoms with Crippen molar-refractivity contribution in [2.75, 3.05) is 24.2 Å². The van der Waals surface area contributed by atoms with Crippen molar-refractivity contribution in [3.63, 3.8) is 0 Å². The van der Waals surface area contributed by atoms with Crippen molar-refractivity contribution in [2.45, 2.75) is 24.3 Å². The van der Waals surface area contributed by atoms with Gasteiger partial charge in [0.2, 0.25) is 5.91 Å². The van der Waals surface area contributed by atoms with E-state index in [9.17, 15) is 14.4 Å². The lowest BCUT2D eigenvalue weighted by Crippen LogP contribution is -2.27. The number of carbonyl (C=O) groups excluding carboxylic acids is 3. The van der Waals surface area contributed by atoms with E-state index in [1.54, 1.807) is 72.8 Å². The van der Waals surface area contributed by atoms with Crippen LogP contribution in [0, 0.1) is 11.3 Å². The molecule has 36 heavy (non-hydrogen) atoms. The van der Waals surface area contributed by atoms with Gasteiger partial charge in [-0.25, -0.2) is 4.79 Å². The van der Waals surface area contributed by atoms with E-state index in [4.69, 9.17) is 10.00 Å². The minimum atomic E-state index is -0.488. The summed E-state index contributed by atoms with van der Waals surface area (Å²) in [6, 6.07) is 22.8. The predicted molar refractivity (Wildman–Crippen MR) is 138 cm³/mol. The Kier molecular flexibility index (Phi) is 8.37. The fourth-order valence-corrected chi connectivity index (χ4v) is 4.68. The van der Waals surface area contributed by atoms with Gasteiger partial charge in [0.05, 0.1) is 22.9 Å². The number of carbonyl (C=O) groups is 3. The maximum absolute atomic E-state index is 12.8. The molecule has 0 unspecified atom stereocenters. The highest BCUT2D eigenvalue weighted by Gasteiger charge is 2.19. The Labute approximate surface area is 214 Å². The minimum Gasteiger partial charge on any atom is -0.457 e. The molecule has 0 atom stereocenters. The first-order chi connectivity index (χ1) is 17.5. The molecule has 3 aromatic rings. The lowest BCUT2D eigenvalue weighted by molar-refractivity contribution is -0.113. The number of amides is 2. The third-order valence-electron chi connectivity index (χ3n) is 5.71. The molecule has 2 amide bonds. The van der Waals surface area contributed by atoms with Gasteiger partial charge in [-0.3, -0.25) is 9.59 Å². The van der Waals surface area contributed by atoms with Crippen LogP contribution in [0.1, 0.15) is 44.7 Å². The fraction of sp³-hybridized carbons (Fsp3) is 0.214. The average Bonchev–Trinajstić information content (AvgIpc) is 3.46. The molecule has 4 rings (SSSR count). The monoisotopic (exact) mass is 499 g/mol. The first-order valence-corrected chi connectivity index (χ1v) is 12.6. The van der Waals surface area contributed by atoms with Gasteiger partial charge in [0.15, 0.2) is 0 Å². The Bertz CT molecular complexity index is 1290. The molecule has 0 aliphatic carbocycles. The number of nitrogens with zero attached hydrogens (tertiary/aromatic N) is 2. The molecule has 182 valence electrons. The van der Waals surface area contributed by atoms with E-state index in [0.29, 0.717) is 27.3 Å². The van der Waals surface area contributed by atoms with E-state index in [0.717, 1.165) is 31.5 Å². The molecule has 1 saturated heterocycles. The minimum absolute atomic E-state index is 0.0313. The van der Waals surface area contributed by atoms with Gasteiger partial charge in [0.25, 0.3) is 5.91 Å². The summed E-state index contributed by atoms with van der Waals surface area (Å²) in [6.07, 6.45) is 2.08. The van der Waals surface area contributed by atoms with Crippen molar-refractivity contribution in [2.24, 2.45) is 0 Å². The summed E-state index contributed by atoms with van der Waals surface area (Å²) < 4.78 is 5.50. The van der Waals surface area contributed by atoms with Gasteiger partial charge in [-0.1, -0.05) is 30.3 Å². The fourth-order valence-electron chi connectivity index (χ4n) is 3.84. The molecule has 1 fully saturated rings. The summed E-state index contributed by atoms with van der Waals surface area (Å²) in [5.74, 6) is -0.615. The number of esters is 1. The van der Waals surface area contributed by atoms with Crippen LogP contribution in [-0.4, -0.2) is 41.5 Å². The quantitative estimate of drug-likeness (QED) is 0.350. The number of anilines is 1. The maximum atomic E-state index is 12.8. The molecular formula is C28H25N3O4S. The van der Waals surface area contributed by atoms with E-state index in [-0.39, 0.29) is 24.2 Å². The zero-order chi connectivity index (χ0) is 25.3. The molecule has 3 aromatic carbocycles. The van der Waals surface area contributed by atoms with Gasteiger partial charge in [0.1, 0.15) is 6.61 Å². The molecule has 1 aliphatic heterocycles. The molecule has 1 aliphatic rings. The Balaban J connectivity index is 1.31. The number of ether oxygens (including phenoxy) is 1. The predicted octanol–water partition coefficient (Wildman–Crippen LogP) is 4.88. The number of hydrogen-bond donors (Lipinski definition) is 1. The Hall–Kier alpha value is -4.09. The second kappa shape index (κ2) is 12.0. The van der Waals surface area contributed by atoms with Crippen molar-refractivity contribution in [3.05, 3.63) is 95.1 Å². The molecule has 1 N–H and O–H groups in total. The zero-order valence-corrected chi connectivity index (χ0v) is 20.4. The van der Waals surface area contributed by atoms with Crippen molar-refractivity contribution >= 4 is 35.2 Å². The third-order valence-corrected chi connectivity index (χ3v) is 6.78. The highest BCUT2D eigenvalue weighted by Crippen LogP contribution is 2.24. The Morgan fingerprint density at radius 3 is 2.47 bits per heavy atom. The molecule has 1 heterocycles. The topological polar surface area (TPSA) is 99.5 Å². The number of hydrogen-bond acceptors (Lipinski definition) is 6. The second-order valence-corrected chi connectivity index (χ2v) is 9.32. The highest BCUT2D eigenvalue weighted by molar-refractivity contribution is 8.00. The van der Waals surface area contributed by atoms with Gasteiger partial charge in [-0.05, 0) is 60.9 Å². The smallest absolute Gasteiger partial charge is 0.339 e. The van der Waals surface area contributed by atoms with E-state index in [1.165, 1.54) is 11.8 Å². The molecule has 0 bridgehead atoms. The molecule has 0 radical (unpaired) electrons. The van der Waals surface area contributed by atoms with Crippen molar-refractivity contribution in [1.29, 1.82) is 5.26 Å². The molecule has 8 heteroatoms. The Morgan fingerprint density at radius 2 is 1.72 bits per heavy atom. The van der Waals surface area contributed by atoms with Gasteiger partial charge < -0.3 is 15.0 Å². The van der Waals surface area contributed by atoms with E-state index in [2.05, 4.69) is 5.32 Å². The third kappa shape index (κ3) is 6.52. The standard InChI is InChI=1S/C28H25N3O4S/c29-17-21-6-5-7-23(16-21)30-26(32)19-36-25-9-2-1-8-24(25)28(34)35-18-20-10-12-22(13-11-20)27(33)31-14-3-4-15-31/h1-2,5-13,16H,3-4,14-15,18-19H2,(H,30,32). The van der Waals surface area contributed by atoms with Crippen LogP contribution in [0.25, 0.3) is 0 Å². The summed E-state index contributed by atoms with van der Waals surface area (Å²) in [6.45, 7) is 1.67. The largest absolute Gasteiger partial charge is 0.457 e. The van der Waals surface area contributed by atoms with Crippen LogP contribution < -0.4 is 5.32 Å². The first kappa shape index (κ1) is 25.0. The van der Waals surface area contributed by atoms with Crippen LogP contribution in [0.5, 0.6) is 0 Å². The van der Waals surface area contributed by atoms with Crippen LogP contribution in [-0.2, 0) is 16.1 Å². The summed E-state index contributed by atoms with van der Waals surface area (Å²) >= 11 is 1.23. The van der Waals surface area contributed by atoms with Gasteiger partial charge in [0, 0.05) is 29.2 Å². The van der Waals surface area contributed by atoms with Gasteiger partial charge in [-0.2, -0.15) is 5.26 Å². The van der Waals surface area contributed by atoms with E-state index in [1.807, 2.05) is 11.0 Å². The molecular weight excluding hydrogens is 474 g/mol. The molecule has 0 saturated carbocycles. The van der Waals surface area contributed by atoms with Gasteiger partial charge >= 0.3 is 5.97 Å². The maximum Gasteiger partial charge on any atom is 0.339 e. The summed E-state index contributed by atoms with van der Waals surface area (Å²) in [4.78, 5) is 40.1. The van der Waals surface area contributed by atoms with Crippen LogP contribution in [0.2, 0.25) is 0 Å². The van der Waals surface area contributed by atoms with Gasteiger partial charge in [-0.15, -0.1) is 11.8 Å². The summed E-state index contributed by atoms with van der Waals surface area (Å²) in [5.41, 5.74) is 2.79. The van der Waals surface area contributed by atoms with Crippen LogP contribution >= 0.6 is 11.8 Å². The van der Waals surface area contributed by atoms with E-state index >= 15 is 0 Å². The molecule has 0 spiro atoms. The van der Waals surface area contributed by atoms with Crippen LogP contribution in [0.15, 0.2) is 77.7 Å². The molecule has 7 nitrogen and oxygen atoms in total. The normalized spacial score (nSPS) is 12.6. The lowest BCUT2D eigenvalue weighted by atomic mass is 10.1. The Morgan fingerprint density at radius 1 is 0.972 bits per heavy atom. The number of benzene rings is 3. The van der Waals surface area contributed by atoms with Crippen molar-refractivity contribution in [1.82, 2.24) is 4.90 Å². The second-order valence-electron chi connectivity index (χ2n) is 8.30. The zero-order valence-electron chi connectivity index (χ0n) is 19.6. The highest BCUT2D eigenvalue weighted by atomic mass is 32.2. The van der Waals surface area contributed by atoms with Crippen LogP contribution in [0.3, 0.4) is 0 Å². The number of rotatable bonds is 8. The van der Waals surface area contributed by atoms with Crippen molar-refractivity contribution < 1.29 is 19.1 Å². The summed E-state index contributed by atoms with van der Waals surface area (Å²) in [5, 5.41) is 11.8. The first-order valence-electron chi connectivity index (χ1n) is 11.6.